The molecule has 11 heavy (non-hydrogen) atoms. The lowest BCUT2D eigenvalue weighted by molar-refractivity contribution is 0.0985. The van der Waals surface area contributed by atoms with Crippen LogP contribution >= 0.6 is 0 Å². The Kier molecular flexibility index (Phi) is 1.94. The number of nitrogens with zero attached hydrogens (tertiary/aromatic N) is 2. The number of primary amides is 1. The molecule has 0 spiro atoms. The predicted octanol–water partition coefficient (Wildman–Crippen LogP) is 0.563. The van der Waals surface area contributed by atoms with E-state index in [0.29, 0.717) is 5.82 Å². The van der Waals surface area contributed by atoms with Crippen molar-refractivity contribution >= 4 is 5.91 Å². The van der Waals surface area contributed by atoms with Crippen LogP contribution < -0.4 is 5.73 Å². The molecule has 60 valence electrons. The van der Waals surface area contributed by atoms with E-state index in [1.54, 1.807) is 17.0 Å². The van der Waals surface area contributed by atoms with Crippen molar-refractivity contribution in [2.24, 2.45) is 5.73 Å². The summed E-state index contributed by atoms with van der Waals surface area (Å²) in [5.74, 6) is -0.163. The van der Waals surface area contributed by atoms with E-state index in [0.717, 1.165) is 0 Å². The molecule has 0 unspecified atom stereocenters. The van der Waals surface area contributed by atoms with Gasteiger partial charge >= 0.3 is 0 Å². The maximum absolute atomic E-state index is 10.7. The molecule has 0 radical (unpaired) electrons. The highest BCUT2D eigenvalue weighted by Gasteiger charge is 2.09. The molecule has 0 bridgehead atoms. The van der Waals surface area contributed by atoms with E-state index in [1.807, 2.05) is 13.8 Å². The zero-order chi connectivity index (χ0) is 8.43. The Morgan fingerprint density at radius 3 is 2.73 bits per heavy atom. The van der Waals surface area contributed by atoms with Crippen LogP contribution in [0.5, 0.6) is 0 Å². The van der Waals surface area contributed by atoms with Crippen molar-refractivity contribution in [2.45, 2.75) is 19.9 Å². The summed E-state index contributed by atoms with van der Waals surface area (Å²) in [6.07, 6.45) is 3.31. The first-order valence-corrected chi connectivity index (χ1v) is 3.45. The van der Waals surface area contributed by atoms with E-state index in [4.69, 9.17) is 5.73 Å². The SMILES string of the molecule is CC(C)n1ccnc1C(N)=O. The first-order chi connectivity index (χ1) is 5.13. The van der Waals surface area contributed by atoms with Crippen LogP contribution in [0, 0.1) is 0 Å². The zero-order valence-corrected chi connectivity index (χ0v) is 6.61. The second-order valence-corrected chi connectivity index (χ2v) is 2.62. The molecule has 1 rings (SSSR count). The largest absolute Gasteiger partial charge is 0.363 e. The predicted molar refractivity (Wildman–Crippen MR) is 41.1 cm³/mol. The van der Waals surface area contributed by atoms with Crippen molar-refractivity contribution in [2.75, 3.05) is 0 Å². The number of aromatic nitrogens is 2. The Labute approximate surface area is 65.0 Å². The van der Waals surface area contributed by atoms with Crippen molar-refractivity contribution in [1.82, 2.24) is 9.55 Å². The number of nitrogens with two attached hydrogens (primary N) is 1. The highest BCUT2D eigenvalue weighted by atomic mass is 16.1. The van der Waals surface area contributed by atoms with E-state index in [2.05, 4.69) is 4.98 Å². The summed E-state index contributed by atoms with van der Waals surface area (Å²) >= 11 is 0. The normalized spacial score (nSPS) is 10.5. The van der Waals surface area contributed by atoms with Gasteiger partial charge in [0.1, 0.15) is 0 Å². The second kappa shape index (κ2) is 2.74. The molecule has 2 N–H and O–H groups in total. The highest BCUT2D eigenvalue weighted by Crippen LogP contribution is 2.06. The van der Waals surface area contributed by atoms with Crippen molar-refractivity contribution in [3.8, 4) is 0 Å². The maximum Gasteiger partial charge on any atom is 0.284 e. The molecule has 1 heterocycles. The van der Waals surface area contributed by atoms with Gasteiger partial charge in [0.15, 0.2) is 5.82 Å². The van der Waals surface area contributed by atoms with Gasteiger partial charge in [0.25, 0.3) is 5.91 Å². The molecule has 1 aromatic rings. The van der Waals surface area contributed by atoms with Gasteiger partial charge in [0.2, 0.25) is 0 Å². The first kappa shape index (κ1) is 7.78. The summed E-state index contributed by atoms with van der Waals surface area (Å²) in [7, 11) is 0. The van der Waals surface area contributed by atoms with E-state index >= 15 is 0 Å². The van der Waals surface area contributed by atoms with Gasteiger partial charge in [-0.25, -0.2) is 4.98 Å². The number of amides is 1. The average Bonchev–Trinajstić information content (AvgIpc) is 2.32. The third kappa shape index (κ3) is 1.39. The van der Waals surface area contributed by atoms with Crippen LogP contribution in [0.4, 0.5) is 0 Å². The zero-order valence-electron chi connectivity index (χ0n) is 6.61. The van der Waals surface area contributed by atoms with Crippen LogP contribution in [-0.2, 0) is 0 Å². The minimum absolute atomic E-state index is 0.222. The molecule has 1 amide bonds. The molecule has 0 aliphatic carbocycles. The van der Waals surface area contributed by atoms with Gasteiger partial charge in [0.05, 0.1) is 0 Å². The van der Waals surface area contributed by atoms with Crippen LogP contribution in [0.25, 0.3) is 0 Å². The molecular weight excluding hydrogens is 142 g/mol. The standard InChI is InChI=1S/C7H11N3O/c1-5(2)10-4-3-9-7(10)6(8)11/h3-5H,1-2H3,(H2,8,11). The Morgan fingerprint density at radius 2 is 2.36 bits per heavy atom. The van der Waals surface area contributed by atoms with Crippen molar-refractivity contribution < 1.29 is 4.79 Å². The number of carbonyl (C=O) groups is 1. The minimum atomic E-state index is -0.483. The van der Waals surface area contributed by atoms with E-state index < -0.39 is 5.91 Å². The molecule has 4 heteroatoms. The summed E-state index contributed by atoms with van der Waals surface area (Å²) in [6, 6.07) is 0.222. The fraction of sp³-hybridized carbons (Fsp3) is 0.429. The number of hydrogen-bond acceptors (Lipinski definition) is 2. The Hall–Kier alpha value is -1.32. The van der Waals surface area contributed by atoms with E-state index in [-0.39, 0.29) is 6.04 Å². The summed E-state index contributed by atoms with van der Waals surface area (Å²) in [5.41, 5.74) is 5.07. The minimum Gasteiger partial charge on any atom is -0.363 e. The van der Waals surface area contributed by atoms with Crippen molar-refractivity contribution in [3.63, 3.8) is 0 Å². The highest BCUT2D eigenvalue weighted by molar-refractivity contribution is 5.89. The average molecular weight is 153 g/mol. The summed E-state index contributed by atoms with van der Waals surface area (Å²) < 4.78 is 1.74. The van der Waals surface area contributed by atoms with Crippen LogP contribution in [0.15, 0.2) is 12.4 Å². The summed E-state index contributed by atoms with van der Waals surface area (Å²) in [5, 5.41) is 0. The Morgan fingerprint density at radius 1 is 1.73 bits per heavy atom. The topological polar surface area (TPSA) is 60.9 Å². The molecule has 0 atom stereocenters. The van der Waals surface area contributed by atoms with Crippen LogP contribution in [-0.4, -0.2) is 15.5 Å². The van der Waals surface area contributed by atoms with Gasteiger partial charge in [-0.05, 0) is 13.8 Å². The molecule has 4 nitrogen and oxygen atoms in total. The molecule has 0 aromatic carbocycles. The molecule has 0 saturated carbocycles. The monoisotopic (exact) mass is 153 g/mol. The lowest BCUT2D eigenvalue weighted by atomic mass is 10.4. The fourth-order valence-electron chi connectivity index (χ4n) is 0.921. The lowest BCUT2D eigenvalue weighted by Crippen LogP contribution is -2.18. The molecule has 0 aliphatic rings. The van der Waals surface area contributed by atoms with Gasteiger partial charge in [-0.1, -0.05) is 0 Å². The fourth-order valence-corrected chi connectivity index (χ4v) is 0.921. The van der Waals surface area contributed by atoms with Gasteiger partial charge in [-0.3, -0.25) is 4.79 Å². The van der Waals surface area contributed by atoms with Gasteiger partial charge < -0.3 is 10.3 Å². The second-order valence-electron chi connectivity index (χ2n) is 2.62. The Bertz CT molecular complexity index is 264. The maximum atomic E-state index is 10.7. The van der Waals surface area contributed by atoms with Crippen molar-refractivity contribution in [3.05, 3.63) is 18.2 Å². The summed E-state index contributed by atoms with van der Waals surface area (Å²) in [4.78, 5) is 14.6. The number of hydrogen-bond donors (Lipinski definition) is 1. The van der Waals surface area contributed by atoms with Gasteiger partial charge in [0, 0.05) is 18.4 Å². The quantitative estimate of drug-likeness (QED) is 0.674. The van der Waals surface area contributed by atoms with Crippen LogP contribution in [0.2, 0.25) is 0 Å². The number of carbonyl (C=O) groups excluding carboxylic acids is 1. The number of rotatable bonds is 2. The third-order valence-corrected chi connectivity index (χ3v) is 1.45. The molecule has 0 aliphatic heterocycles. The smallest absolute Gasteiger partial charge is 0.284 e. The molecular formula is C7H11N3O. The summed E-state index contributed by atoms with van der Waals surface area (Å²) in [6.45, 7) is 3.93. The molecule has 0 saturated heterocycles. The van der Waals surface area contributed by atoms with Crippen molar-refractivity contribution in [1.29, 1.82) is 0 Å². The number of imidazole rings is 1. The third-order valence-electron chi connectivity index (χ3n) is 1.45. The van der Waals surface area contributed by atoms with Crippen LogP contribution in [0.1, 0.15) is 30.5 Å². The molecule has 0 fully saturated rings. The van der Waals surface area contributed by atoms with Crippen LogP contribution in [0.3, 0.4) is 0 Å². The van der Waals surface area contributed by atoms with E-state index in [9.17, 15) is 4.79 Å². The van der Waals surface area contributed by atoms with E-state index in [1.165, 1.54) is 0 Å². The Balaban J connectivity index is 3.06. The molecule has 1 aromatic heterocycles. The first-order valence-electron chi connectivity index (χ1n) is 3.45. The lowest BCUT2D eigenvalue weighted by Gasteiger charge is -2.07. The van der Waals surface area contributed by atoms with Gasteiger partial charge in [-0.2, -0.15) is 0 Å². The van der Waals surface area contributed by atoms with Gasteiger partial charge in [-0.15, -0.1) is 0 Å².